The molecule has 1 unspecified atom stereocenters. The summed E-state index contributed by atoms with van der Waals surface area (Å²) in [6.45, 7) is 10.1. The highest BCUT2D eigenvalue weighted by Crippen LogP contribution is 2.45. The minimum atomic E-state index is -0.164. The minimum Gasteiger partial charge on any atom is -0.497 e. The third kappa shape index (κ3) is 4.92. The van der Waals surface area contributed by atoms with E-state index in [2.05, 4.69) is 55.0 Å². The zero-order chi connectivity index (χ0) is 23.8. The van der Waals surface area contributed by atoms with Crippen LogP contribution in [0.5, 0.6) is 5.75 Å². The van der Waals surface area contributed by atoms with Crippen LogP contribution >= 0.6 is 23.4 Å². The fourth-order valence-electron chi connectivity index (χ4n) is 4.67. The number of amidine groups is 1. The van der Waals surface area contributed by atoms with Gasteiger partial charge >= 0.3 is 0 Å². The minimum absolute atomic E-state index is 0.0831. The second kappa shape index (κ2) is 9.43. The van der Waals surface area contributed by atoms with Gasteiger partial charge in [-0.15, -0.1) is 0 Å². The molecule has 7 heteroatoms. The van der Waals surface area contributed by atoms with Gasteiger partial charge in [-0.25, -0.2) is 4.99 Å². The van der Waals surface area contributed by atoms with Gasteiger partial charge in [0.1, 0.15) is 5.75 Å². The van der Waals surface area contributed by atoms with Crippen LogP contribution in [0.3, 0.4) is 0 Å². The Labute approximate surface area is 205 Å². The number of ether oxygens (including phenoxy) is 1. The van der Waals surface area contributed by atoms with E-state index in [9.17, 15) is 4.79 Å². The molecule has 2 aromatic rings. The Hall–Kier alpha value is -2.44. The first-order valence-electron chi connectivity index (χ1n) is 11.3. The van der Waals surface area contributed by atoms with E-state index >= 15 is 0 Å². The molecule has 1 atom stereocenters. The number of benzene rings is 2. The number of hydrogen-bond acceptors (Lipinski definition) is 5. The van der Waals surface area contributed by atoms with Gasteiger partial charge in [-0.3, -0.25) is 4.79 Å². The van der Waals surface area contributed by atoms with Crippen molar-refractivity contribution in [3.8, 4) is 5.75 Å². The lowest BCUT2D eigenvalue weighted by molar-refractivity contribution is -0.115. The second-order valence-electron chi connectivity index (χ2n) is 9.18. The summed E-state index contributed by atoms with van der Waals surface area (Å²) < 4.78 is 5.18. The molecular formula is C26H30ClN3O2S. The molecule has 2 aliphatic heterocycles. The van der Waals surface area contributed by atoms with Gasteiger partial charge in [-0.2, -0.15) is 0 Å². The molecule has 0 spiro atoms. The monoisotopic (exact) mass is 483 g/mol. The van der Waals surface area contributed by atoms with Crippen molar-refractivity contribution >= 4 is 51.9 Å². The zero-order valence-corrected chi connectivity index (χ0v) is 21.3. The number of fused-ring (bicyclic) bond motifs is 1. The standard InChI is InChI=1S/C26H30ClN3O2S/c1-6-11-30-22-14-21(27)17(12-20(22)16(2)15-26(30,3)4)13-23-24(31)29-25(33-23)28-18-7-9-19(32-5)10-8-18/h7-10,12-14,16H,6,11,15H2,1-5H3,(H,28,29,31)/b23-13+. The highest BCUT2D eigenvalue weighted by molar-refractivity contribution is 8.18. The average Bonchev–Trinajstić information content (AvgIpc) is 3.11. The average molecular weight is 484 g/mol. The third-order valence-electron chi connectivity index (χ3n) is 6.19. The molecule has 174 valence electrons. The first-order valence-corrected chi connectivity index (χ1v) is 12.5. The number of anilines is 1. The molecule has 0 aliphatic carbocycles. The van der Waals surface area contributed by atoms with Gasteiger partial charge in [-0.1, -0.05) is 25.4 Å². The number of aliphatic imine (C=N–C) groups is 1. The molecule has 0 aromatic heterocycles. The lowest BCUT2D eigenvalue weighted by Crippen LogP contribution is -2.48. The van der Waals surface area contributed by atoms with Crippen molar-refractivity contribution in [3.63, 3.8) is 0 Å². The molecule has 1 saturated heterocycles. The van der Waals surface area contributed by atoms with Crippen LogP contribution in [0.4, 0.5) is 11.4 Å². The number of carbonyl (C=O) groups is 1. The van der Waals surface area contributed by atoms with Crippen LogP contribution in [0.15, 0.2) is 46.3 Å². The number of hydrogen-bond donors (Lipinski definition) is 1. The van der Waals surface area contributed by atoms with E-state index in [0.29, 0.717) is 21.0 Å². The molecule has 5 nitrogen and oxygen atoms in total. The number of nitrogens with one attached hydrogen (secondary N) is 1. The van der Waals surface area contributed by atoms with Crippen molar-refractivity contribution < 1.29 is 9.53 Å². The number of halogens is 1. The lowest BCUT2D eigenvalue weighted by Gasteiger charge is -2.47. The van der Waals surface area contributed by atoms with Crippen LogP contribution in [0, 0.1) is 0 Å². The van der Waals surface area contributed by atoms with E-state index in [-0.39, 0.29) is 11.4 Å². The first-order chi connectivity index (χ1) is 15.7. The highest BCUT2D eigenvalue weighted by atomic mass is 35.5. The van der Waals surface area contributed by atoms with Crippen molar-refractivity contribution in [2.75, 3.05) is 18.6 Å². The summed E-state index contributed by atoms with van der Waals surface area (Å²) in [4.78, 5) is 20.2. The Balaban J connectivity index is 1.63. The molecule has 1 N–H and O–H groups in total. The smallest absolute Gasteiger partial charge is 0.264 e. The Bertz CT molecular complexity index is 1130. The second-order valence-corrected chi connectivity index (χ2v) is 10.6. The van der Waals surface area contributed by atoms with Crippen molar-refractivity contribution in [2.24, 2.45) is 4.99 Å². The molecule has 1 fully saturated rings. The van der Waals surface area contributed by atoms with E-state index in [1.54, 1.807) is 7.11 Å². The van der Waals surface area contributed by atoms with Crippen LogP contribution in [0.25, 0.3) is 6.08 Å². The summed E-state index contributed by atoms with van der Waals surface area (Å²) in [5, 5.41) is 4.05. The third-order valence-corrected chi connectivity index (χ3v) is 7.43. The molecule has 0 bridgehead atoms. The van der Waals surface area contributed by atoms with Crippen molar-refractivity contribution in [1.29, 1.82) is 0 Å². The fourth-order valence-corrected chi connectivity index (χ4v) is 5.72. The van der Waals surface area contributed by atoms with Crippen LogP contribution in [-0.4, -0.2) is 30.3 Å². The molecular weight excluding hydrogens is 454 g/mol. The maximum atomic E-state index is 12.6. The number of thioether (sulfide) groups is 1. The van der Waals surface area contributed by atoms with Crippen LogP contribution in [0.2, 0.25) is 5.02 Å². The van der Waals surface area contributed by atoms with E-state index in [0.717, 1.165) is 36.4 Å². The number of methoxy groups -OCH3 is 1. The van der Waals surface area contributed by atoms with Crippen molar-refractivity contribution in [3.05, 3.63) is 57.5 Å². The summed E-state index contributed by atoms with van der Waals surface area (Å²) in [5.74, 6) is 1.01. The van der Waals surface area contributed by atoms with Gasteiger partial charge in [0.05, 0.1) is 17.7 Å². The van der Waals surface area contributed by atoms with E-state index < -0.39 is 0 Å². The molecule has 2 heterocycles. The molecule has 2 aliphatic rings. The van der Waals surface area contributed by atoms with E-state index in [1.165, 1.54) is 23.0 Å². The number of amides is 1. The summed E-state index contributed by atoms with van der Waals surface area (Å²) in [5.41, 5.74) is 4.19. The van der Waals surface area contributed by atoms with Crippen molar-refractivity contribution in [1.82, 2.24) is 5.32 Å². The Morgan fingerprint density at radius 3 is 2.70 bits per heavy atom. The van der Waals surface area contributed by atoms with E-state index in [1.807, 2.05) is 30.3 Å². The summed E-state index contributed by atoms with van der Waals surface area (Å²) in [7, 11) is 1.62. The largest absolute Gasteiger partial charge is 0.497 e. The SMILES string of the molecule is CCCN1c2cc(Cl)c(/C=C3/SC(=Nc4ccc(OC)cc4)NC3=O)cc2C(C)CC1(C)C. The van der Waals surface area contributed by atoms with Gasteiger partial charge in [0.25, 0.3) is 5.91 Å². The number of nitrogens with zero attached hydrogens (tertiary/aromatic N) is 2. The Morgan fingerprint density at radius 2 is 2.03 bits per heavy atom. The van der Waals surface area contributed by atoms with Gasteiger partial charge in [0.2, 0.25) is 0 Å². The van der Waals surface area contributed by atoms with Gasteiger partial charge in [0.15, 0.2) is 5.17 Å². The van der Waals surface area contributed by atoms with Crippen LogP contribution in [0.1, 0.15) is 57.6 Å². The van der Waals surface area contributed by atoms with Crippen molar-refractivity contribution in [2.45, 2.75) is 52.0 Å². The van der Waals surface area contributed by atoms with Gasteiger partial charge < -0.3 is 15.0 Å². The lowest BCUT2D eigenvalue weighted by atomic mass is 9.79. The Kier molecular flexibility index (Phi) is 6.78. The summed E-state index contributed by atoms with van der Waals surface area (Å²) >= 11 is 8.06. The topological polar surface area (TPSA) is 53.9 Å². The molecule has 1 amide bonds. The summed E-state index contributed by atoms with van der Waals surface area (Å²) in [6.07, 6.45) is 4.02. The van der Waals surface area contributed by atoms with Crippen LogP contribution in [-0.2, 0) is 4.79 Å². The predicted octanol–water partition coefficient (Wildman–Crippen LogP) is 6.74. The van der Waals surface area contributed by atoms with Gasteiger partial charge in [-0.05, 0) is 98.0 Å². The maximum Gasteiger partial charge on any atom is 0.264 e. The summed E-state index contributed by atoms with van der Waals surface area (Å²) in [6, 6.07) is 11.6. The molecule has 2 aromatic carbocycles. The molecule has 33 heavy (non-hydrogen) atoms. The Morgan fingerprint density at radius 1 is 1.30 bits per heavy atom. The van der Waals surface area contributed by atoms with E-state index in [4.69, 9.17) is 16.3 Å². The quantitative estimate of drug-likeness (QED) is 0.478. The molecule has 0 radical (unpaired) electrons. The molecule has 4 rings (SSSR count). The zero-order valence-electron chi connectivity index (χ0n) is 19.7. The fraction of sp³-hybridized carbons (Fsp3) is 0.385. The maximum absolute atomic E-state index is 12.6. The predicted molar refractivity (Wildman–Crippen MR) is 140 cm³/mol. The van der Waals surface area contributed by atoms with Crippen LogP contribution < -0.4 is 15.0 Å². The number of rotatable bonds is 5. The molecule has 0 saturated carbocycles. The normalized spacial score (nSPS) is 21.9. The van der Waals surface area contributed by atoms with Gasteiger partial charge in [0, 0.05) is 22.8 Å². The highest BCUT2D eigenvalue weighted by Gasteiger charge is 2.36. The number of carbonyl (C=O) groups excluding carboxylic acids is 1. The first kappa shape index (κ1) is 23.7.